The van der Waals surface area contributed by atoms with Crippen molar-refractivity contribution in [2.45, 2.75) is 26.7 Å². The Labute approximate surface area is 97.3 Å². The van der Waals surface area contributed by atoms with Crippen molar-refractivity contribution in [1.82, 2.24) is 0 Å². The number of benzene rings is 1. The average molecular weight is 224 g/mol. The number of halogens is 1. The van der Waals surface area contributed by atoms with Crippen LogP contribution in [-0.2, 0) is 0 Å². The number of hydrogen-bond acceptors (Lipinski definition) is 2. The zero-order valence-corrected chi connectivity index (χ0v) is 10.3. The molecule has 0 heterocycles. The van der Waals surface area contributed by atoms with Crippen LogP contribution < -0.4 is 10.6 Å². The summed E-state index contributed by atoms with van der Waals surface area (Å²) in [7, 11) is 1.88. The van der Waals surface area contributed by atoms with Crippen molar-refractivity contribution in [2.24, 2.45) is 5.92 Å². The molecule has 2 nitrogen and oxygen atoms in total. The lowest BCUT2D eigenvalue weighted by molar-refractivity contribution is 0.552. The summed E-state index contributed by atoms with van der Waals surface area (Å²) in [5, 5.41) is 0. The highest BCUT2D eigenvalue weighted by molar-refractivity contribution is 5.67. The molecule has 2 N–H and O–H groups in total. The number of anilines is 2. The van der Waals surface area contributed by atoms with Crippen LogP contribution in [0.4, 0.5) is 15.8 Å². The number of nitrogens with zero attached hydrogens (tertiary/aromatic N) is 1. The molecule has 16 heavy (non-hydrogen) atoms. The molecule has 0 aliphatic rings. The van der Waals surface area contributed by atoms with E-state index < -0.39 is 0 Å². The van der Waals surface area contributed by atoms with Gasteiger partial charge in [0.2, 0.25) is 0 Å². The van der Waals surface area contributed by atoms with Crippen molar-refractivity contribution in [2.75, 3.05) is 24.2 Å². The van der Waals surface area contributed by atoms with Gasteiger partial charge in [0.15, 0.2) is 0 Å². The fourth-order valence-electron chi connectivity index (χ4n) is 1.78. The second kappa shape index (κ2) is 5.73. The Bertz CT molecular complexity index is 316. The van der Waals surface area contributed by atoms with E-state index in [1.54, 1.807) is 12.1 Å². The molecule has 0 radical (unpaired) electrons. The number of nitrogens with two attached hydrogens (primary N) is 1. The highest BCUT2D eigenvalue weighted by Crippen LogP contribution is 2.25. The maximum Gasteiger partial charge on any atom is 0.148 e. The van der Waals surface area contributed by atoms with E-state index in [0.717, 1.165) is 19.4 Å². The van der Waals surface area contributed by atoms with E-state index >= 15 is 0 Å². The summed E-state index contributed by atoms with van der Waals surface area (Å²) in [6, 6.07) is 4.82. The molecule has 1 rings (SSSR count). The number of nitrogen functional groups attached to an aromatic ring is 1. The first-order chi connectivity index (χ1) is 7.52. The lowest BCUT2D eigenvalue weighted by atomic mass is 10.1. The molecule has 0 atom stereocenters. The number of rotatable bonds is 5. The zero-order valence-electron chi connectivity index (χ0n) is 10.3. The van der Waals surface area contributed by atoms with Crippen LogP contribution in [-0.4, -0.2) is 13.6 Å². The van der Waals surface area contributed by atoms with Crippen molar-refractivity contribution >= 4 is 11.4 Å². The SMILES string of the molecule is CC(C)CCCN(C)c1c(N)cccc1F. The van der Waals surface area contributed by atoms with Crippen molar-refractivity contribution in [3.63, 3.8) is 0 Å². The maximum absolute atomic E-state index is 13.6. The summed E-state index contributed by atoms with van der Waals surface area (Å²) in [4.78, 5) is 1.90. The molecule has 0 aliphatic carbocycles. The Balaban J connectivity index is 2.62. The van der Waals surface area contributed by atoms with Crippen molar-refractivity contribution in [3.8, 4) is 0 Å². The molecule has 1 aromatic carbocycles. The first-order valence-electron chi connectivity index (χ1n) is 5.77. The van der Waals surface area contributed by atoms with Gasteiger partial charge >= 0.3 is 0 Å². The van der Waals surface area contributed by atoms with E-state index in [1.165, 1.54) is 6.07 Å². The summed E-state index contributed by atoms with van der Waals surface area (Å²) in [5.41, 5.74) is 6.80. The van der Waals surface area contributed by atoms with E-state index in [1.807, 2.05) is 11.9 Å². The van der Waals surface area contributed by atoms with E-state index in [2.05, 4.69) is 13.8 Å². The first-order valence-corrected chi connectivity index (χ1v) is 5.77. The molecule has 0 fully saturated rings. The highest BCUT2D eigenvalue weighted by atomic mass is 19.1. The predicted molar refractivity (Wildman–Crippen MR) is 68.2 cm³/mol. The van der Waals surface area contributed by atoms with Crippen LogP contribution in [0.5, 0.6) is 0 Å². The minimum atomic E-state index is -0.243. The van der Waals surface area contributed by atoms with E-state index in [9.17, 15) is 4.39 Å². The van der Waals surface area contributed by atoms with E-state index in [-0.39, 0.29) is 5.82 Å². The highest BCUT2D eigenvalue weighted by Gasteiger charge is 2.10. The van der Waals surface area contributed by atoms with Crippen LogP contribution >= 0.6 is 0 Å². The van der Waals surface area contributed by atoms with Crippen LogP contribution in [0.25, 0.3) is 0 Å². The topological polar surface area (TPSA) is 29.3 Å². The van der Waals surface area contributed by atoms with Gasteiger partial charge < -0.3 is 10.6 Å². The van der Waals surface area contributed by atoms with Gasteiger partial charge in [-0.3, -0.25) is 0 Å². The number of para-hydroxylation sites is 1. The fourth-order valence-corrected chi connectivity index (χ4v) is 1.78. The molecule has 0 amide bonds. The quantitative estimate of drug-likeness (QED) is 0.778. The molecule has 0 aliphatic heterocycles. The van der Waals surface area contributed by atoms with E-state index in [4.69, 9.17) is 5.73 Å². The molecule has 0 saturated carbocycles. The van der Waals surface area contributed by atoms with Gasteiger partial charge in [0.25, 0.3) is 0 Å². The van der Waals surface area contributed by atoms with Crippen molar-refractivity contribution < 1.29 is 4.39 Å². The third kappa shape index (κ3) is 3.40. The van der Waals surface area contributed by atoms with Gasteiger partial charge in [-0.05, 0) is 30.9 Å². The second-order valence-electron chi connectivity index (χ2n) is 4.64. The molecule has 0 saturated heterocycles. The molecule has 0 spiro atoms. The molecule has 0 aromatic heterocycles. The van der Waals surface area contributed by atoms with Gasteiger partial charge in [-0.2, -0.15) is 0 Å². The fraction of sp³-hybridized carbons (Fsp3) is 0.538. The summed E-state index contributed by atoms with van der Waals surface area (Å²) in [6.07, 6.45) is 2.21. The smallest absolute Gasteiger partial charge is 0.148 e. The average Bonchev–Trinajstić information content (AvgIpc) is 2.16. The van der Waals surface area contributed by atoms with Crippen molar-refractivity contribution in [1.29, 1.82) is 0 Å². The molecular formula is C13H21FN2. The number of hydrogen-bond donors (Lipinski definition) is 1. The Morgan fingerprint density at radius 2 is 2.06 bits per heavy atom. The monoisotopic (exact) mass is 224 g/mol. The Morgan fingerprint density at radius 3 is 2.62 bits per heavy atom. The largest absolute Gasteiger partial charge is 0.397 e. The lowest BCUT2D eigenvalue weighted by Gasteiger charge is -2.22. The zero-order chi connectivity index (χ0) is 12.1. The molecule has 90 valence electrons. The van der Waals surface area contributed by atoms with E-state index in [0.29, 0.717) is 17.3 Å². The summed E-state index contributed by atoms with van der Waals surface area (Å²) < 4.78 is 13.6. The van der Waals surface area contributed by atoms with Gasteiger partial charge in [-0.15, -0.1) is 0 Å². The van der Waals surface area contributed by atoms with Crippen molar-refractivity contribution in [3.05, 3.63) is 24.0 Å². The van der Waals surface area contributed by atoms with Crippen LogP contribution in [0.2, 0.25) is 0 Å². The minimum absolute atomic E-state index is 0.243. The van der Waals surface area contributed by atoms with Crippen LogP contribution in [0.3, 0.4) is 0 Å². The second-order valence-corrected chi connectivity index (χ2v) is 4.64. The normalized spacial score (nSPS) is 10.8. The Kier molecular flexibility index (Phi) is 4.59. The third-order valence-electron chi connectivity index (χ3n) is 2.67. The summed E-state index contributed by atoms with van der Waals surface area (Å²) >= 11 is 0. The summed E-state index contributed by atoms with van der Waals surface area (Å²) in [6.45, 7) is 5.22. The summed E-state index contributed by atoms with van der Waals surface area (Å²) in [5.74, 6) is 0.443. The Morgan fingerprint density at radius 1 is 1.38 bits per heavy atom. The van der Waals surface area contributed by atoms with Gasteiger partial charge in [0.05, 0.1) is 11.4 Å². The van der Waals surface area contributed by atoms with Gasteiger partial charge in [-0.1, -0.05) is 19.9 Å². The van der Waals surface area contributed by atoms with Crippen LogP contribution in [0.1, 0.15) is 26.7 Å². The molecular weight excluding hydrogens is 203 g/mol. The first kappa shape index (κ1) is 12.8. The van der Waals surface area contributed by atoms with Crippen LogP contribution in [0, 0.1) is 11.7 Å². The van der Waals surface area contributed by atoms with Gasteiger partial charge in [0.1, 0.15) is 5.82 Å². The van der Waals surface area contributed by atoms with Gasteiger partial charge in [-0.25, -0.2) is 4.39 Å². The van der Waals surface area contributed by atoms with Crippen LogP contribution in [0.15, 0.2) is 18.2 Å². The third-order valence-corrected chi connectivity index (χ3v) is 2.67. The molecule has 0 bridgehead atoms. The molecule has 0 unspecified atom stereocenters. The van der Waals surface area contributed by atoms with Gasteiger partial charge in [0, 0.05) is 13.6 Å². The molecule has 3 heteroatoms. The Hall–Kier alpha value is -1.25. The lowest BCUT2D eigenvalue weighted by Crippen LogP contribution is -2.21. The maximum atomic E-state index is 13.6. The predicted octanol–water partition coefficient (Wildman–Crippen LogP) is 3.28. The molecule has 1 aromatic rings. The standard InChI is InChI=1S/C13H21FN2/c1-10(2)6-5-9-16(3)13-11(14)7-4-8-12(13)15/h4,7-8,10H,5-6,9,15H2,1-3H3. The minimum Gasteiger partial charge on any atom is -0.397 e.